The van der Waals surface area contributed by atoms with Crippen LogP contribution in [0.2, 0.25) is 0 Å². The van der Waals surface area contributed by atoms with Crippen LogP contribution in [0.15, 0.2) is 42.6 Å². The van der Waals surface area contributed by atoms with Crippen molar-refractivity contribution < 1.29 is 0 Å². The second-order valence-electron chi connectivity index (χ2n) is 5.06. The van der Waals surface area contributed by atoms with Crippen LogP contribution in [-0.2, 0) is 0 Å². The van der Waals surface area contributed by atoms with Crippen molar-refractivity contribution >= 4 is 17.2 Å². The Morgan fingerprint density at radius 1 is 1.05 bits per heavy atom. The number of piperazine rings is 1. The molecule has 3 rings (SSSR count). The molecule has 0 aliphatic carbocycles. The van der Waals surface area contributed by atoms with Gasteiger partial charge in [0.05, 0.1) is 5.56 Å². The average molecular weight is 279 g/mol. The average Bonchev–Trinajstić information content (AvgIpc) is 2.55. The van der Waals surface area contributed by atoms with Crippen molar-refractivity contribution in [2.75, 3.05) is 41.7 Å². The van der Waals surface area contributed by atoms with E-state index >= 15 is 0 Å². The number of benzene rings is 1. The van der Waals surface area contributed by atoms with E-state index in [1.807, 2.05) is 24.3 Å². The third-order valence-electron chi connectivity index (χ3n) is 3.72. The molecule has 1 saturated heterocycles. The third-order valence-corrected chi connectivity index (χ3v) is 3.72. The Bertz CT molecular complexity index is 668. The zero-order valence-corrected chi connectivity index (χ0v) is 11.7. The molecule has 2 N–H and O–H groups in total. The zero-order chi connectivity index (χ0) is 14.7. The Kier molecular flexibility index (Phi) is 3.61. The maximum atomic E-state index is 9.17. The van der Waals surface area contributed by atoms with Crippen molar-refractivity contribution in [2.24, 2.45) is 0 Å². The van der Waals surface area contributed by atoms with Gasteiger partial charge in [0.2, 0.25) is 0 Å². The Morgan fingerprint density at radius 2 is 1.81 bits per heavy atom. The highest BCUT2D eigenvalue weighted by Crippen LogP contribution is 2.22. The number of nitriles is 1. The van der Waals surface area contributed by atoms with Gasteiger partial charge >= 0.3 is 0 Å². The van der Waals surface area contributed by atoms with Crippen molar-refractivity contribution in [3.63, 3.8) is 0 Å². The first-order valence-corrected chi connectivity index (χ1v) is 6.98. The van der Waals surface area contributed by atoms with Gasteiger partial charge in [-0.25, -0.2) is 4.98 Å². The van der Waals surface area contributed by atoms with E-state index in [2.05, 4.69) is 26.9 Å². The Hall–Kier alpha value is -2.74. The first-order chi connectivity index (χ1) is 10.3. The zero-order valence-electron chi connectivity index (χ0n) is 11.7. The van der Waals surface area contributed by atoms with Crippen LogP contribution in [0.5, 0.6) is 0 Å². The normalized spacial score (nSPS) is 14.8. The van der Waals surface area contributed by atoms with Gasteiger partial charge in [-0.05, 0) is 30.3 Å². The van der Waals surface area contributed by atoms with Crippen molar-refractivity contribution in [1.82, 2.24) is 4.98 Å². The lowest BCUT2D eigenvalue weighted by Gasteiger charge is -2.37. The molecule has 0 saturated carbocycles. The van der Waals surface area contributed by atoms with E-state index in [1.54, 1.807) is 12.3 Å². The van der Waals surface area contributed by atoms with Gasteiger partial charge in [-0.2, -0.15) is 5.26 Å². The lowest BCUT2D eigenvalue weighted by Crippen LogP contribution is -2.47. The molecule has 0 spiro atoms. The number of nitrogens with zero attached hydrogens (tertiary/aromatic N) is 4. The molecule has 2 heterocycles. The molecule has 106 valence electrons. The molecular formula is C16H17N5. The first kappa shape index (κ1) is 13.3. The minimum absolute atomic E-state index is 0.634. The van der Waals surface area contributed by atoms with E-state index in [1.165, 1.54) is 0 Å². The van der Waals surface area contributed by atoms with Crippen LogP contribution >= 0.6 is 0 Å². The lowest BCUT2D eigenvalue weighted by atomic mass is 10.2. The van der Waals surface area contributed by atoms with E-state index in [9.17, 15) is 0 Å². The van der Waals surface area contributed by atoms with Crippen LogP contribution in [0.25, 0.3) is 0 Å². The smallest absolute Gasteiger partial charge is 0.146 e. The van der Waals surface area contributed by atoms with Crippen LogP contribution in [0.4, 0.5) is 17.2 Å². The van der Waals surface area contributed by atoms with Gasteiger partial charge in [0.15, 0.2) is 0 Å². The summed E-state index contributed by atoms with van der Waals surface area (Å²) < 4.78 is 0. The van der Waals surface area contributed by atoms with Gasteiger partial charge in [-0.1, -0.05) is 6.07 Å². The Labute approximate surface area is 124 Å². The highest BCUT2D eigenvalue weighted by atomic mass is 15.3. The molecule has 1 aromatic carbocycles. The second-order valence-corrected chi connectivity index (χ2v) is 5.06. The van der Waals surface area contributed by atoms with E-state index in [-0.39, 0.29) is 0 Å². The molecule has 1 aliphatic heterocycles. The fourth-order valence-corrected chi connectivity index (χ4v) is 2.63. The minimum Gasteiger partial charge on any atom is -0.399 e. The predicted molar refractivity (Wildman–Crippen MR) is 84.2 cm³/mol. The fraction of sp³-hybridized carbons (Fsp3) is 0.250. The van der Waals surface area contributed by atoms with Crippen LogP contribution in [0.1, 0.15) is 5.56 Å². The van der Waals surface area contributed by atoms with Gasteiger partial charge in [0.1, 0.15) is 11.9 Å². The van der Waals surface area contributed by atoms with Crippen LogP contribution in [0, 0.1) is 11.3 Å². The summed E-state index contributed by atoms with van der Waals surface area (Å²) in [6.45, 7) is 3.48. The number of hydrogen-bond donors (Lipinski definition) is 1. The number of rotatable bonds is 2. The van der Waals surface area contributed by atoms with Crippen LogP contribution in [0.3, 0.4) is 0 Å². The van der Waals surface area contributed by atoms with Crippen molar-refractivity contribution in [3.8, 4) is 6.07 Å². The molecule has 0 bridgehead atoms. The molecule has 5 heteroatoms. The molecule has 2 aromatic rings. The number of nitrogens with two attached hydrogens (primary N) is 1. The number of anilines is 3. The topological polar surface area (TPSA) is 69.2 Å². The van der Waals surface area contributed by atoms with Gasteiger partial charge in [0.25, 0.3) is 0 Å². The quantitative estimate of drug-likeness (QED) is 0.850. The molecule has 0 amide bonds. The summed E-state index contributed by atoms with van der Waals surface area (Å²) in [5.74, 6) is 0.784. The Morgan fingerprint density at radius 3 is 2.52 bits per heavy atom. The van der Waals surface area contributed by atoms with E-state index in [4.69, 9.17) is 11.0 Å². The summed E-state index contributed by atoms with van der Waals surface area (Å²) in [5.41, 5.74) is 8.41. The summed E-state index contributed by atoms with van der Waals surface area (Å²) in [6.07, 6.45) is 1.74. The second kappa shape index (κ2) is 5.71. The molecule has 0 unspecified atom stereocenters. The van der Waals surface area contributed by atoms with Gasteiger partial charge in [0, 0.05) is 43.8 Å². The summed E-state index contributed by atoms with van der Waals surface area (Å²) in [5, 5.41) is 9.17. The molecule has 21 heavy (non-hydrogen) atoms. The van der Waals surface area contributed by atoms with Crippen molar-refractivity contribution in [3.05, 3.63) is 48.2 Å². The van der Waals surface area contributed by atoms with Crippen LogP contribution < -0.4 is 15.5 Å². The highest BCUT2D eigenvalue weighted by molar-refractivity contribution is 5.58. The predicted octanol–water partition coefficient (Wildman–Crippen LogP) is 1.86. The third kappa shape index (κ3) is 2.75. The van der Waals surface area contributed by atoms with Gasteiger partial charge in [-0.3, -0.25) is 0 Å². The number of aromatic nitrogens is 1. The fourth-order valence-electron chi connectivity index (χ4n) is 2.63. The summed E-state index contributed by atoms with van der Waals surface area (Å²) in [4.78, 5) is 8.83. The van der Waals surface area contributed by atoms with Crippen molar-refractivity contribution in [1.29, 1.82) is 5.26 Å². The van der Waals surface area contributed by atoms with Gasteiger partial charge in [-0.15, -0.1) is 0 Å². The minimum atomic E-state index is 0.634. The van der Waals surface area contributed by atoms with Crippen molar-refractivity contribution in [2.45, 2.75) is 0 Å². The highest BCUT2D eigenvalue weighted by Gasteiger charge is 2.20. The summed E-state index contributed by atoms with van der Waals surface area (Å²) in [6, 6.07) is 13.8. The number of hydrogen-bond acceptors (Lipinski definition) is 5. The molecule has 1 aliphatic rings. The molecular weight excluding hydrogens is 262 g/mol. The molecule has 0 atom stereocenters. The molecule has 5 nitrogen and oxygen atoms in total. The van der Waals surface area contributed by atoms with E-state index < -0.39 is 0 Å². The van der Waals surface area contributed by atoms with E-state index in [0.717, 1.165) is 43.4 Å². The standard InChI is InChI=1S/C16H17N5/c17-12-13-3-2-6-19-16(13)21-9-7-20(8-10-21)15-5-1-4-14(18)11-15/h1-6,11H,7-10,18H2. The maximum absolute atomic E-state index is 9.17. The lowest BCUT2D eigenvalue weighted by molar-refractivity contribution is 0.647. The summed E-state index contributed by atoms with van der Waals surface area (Å²) in [7, 11) is 0. The largest absolute Gasteiger partial charge is 0.399 e. The van der Waals surface area contributed by atoms with E-state index in [0.29, 0.717) is 5.56 Å². The van der Waals surface area contributed by atoms with Gasteiger partial charge < -0.3 is 15.5 Å². The SMILES string of the molecule is N#Cc1cccnc1N1CCN(c2cccc(N)c2)CC1. The maximum Gasteiger partial charge on any atom is 0.146 e. The number of pyridine rings is 1. The molecule has 0 radical (unpaired) electrons. The number of nitrogen functional groups attached to an aromatic ring is 1. The Balaban J connectivity index is 1.72. The van der Waals surface area contributed by atoms with Crippen LogP contribution in [-0.4, -0.2) is 31.2 Å². The molecule has 1 aromatic heterocycles. The molecule has 1 fully saturated rings. The summed E-state index contributed by atoms with van der Waals surface area (Å²) >= 11 is 0. The monoisotopic (exact) mass is 279 g/mol. The first-order valence-electron chi connectivity index (χ1n) is 6.98.